The fraction of sp³-hybridized carbons (Fsp3) is 0. The number of nitrogens with one attached hydrogen (secondary N) is 1. The maximum absolute atomic E-state index is 13.0. The van der Waals surface area contributed by atoms with Gasteiger partial charge in [-0.3, -0.25) is 0 Å². The van der Waals surface area contributed by atoms with Crippen LogP contribution in [0.5, 0.6) is 0 Å². The number of aromatic nitrogens is 2. The van der Waals surface area contributed by atoms with Crippen LogP contribution in [0.1, 0.15) is 10.5 Å². The van der Waals surface area contributed by atoms with Crippen molar-refractivity contribution >= 4 is 5.97 Å². The topological polar surface area (TPSA) is 66.0 Å². The van der Waals surface area contributed by atoms with Crippen LogP contribution >= 0.6 is 0 Å². The van der Waals surface area contributed by atoms with E-state index in [0.29, 0.717) is 22.6 Å². The maximum atomic E-state index is 13.0. The number of aromatic amines is 1. The van der Waals surface area contributed by atoms with E-state index in [1.165, 1.54) is 12.1 Å². The largest absolute Gasteiger partial charge is 0.477 e. The molecule has 1 heterocycles. The van der Waals surface area contributed by atoms with Gasteiger partial charge in [-0.05, 0) is 24.3 Å². The molecule has 0 atom stereocenters. The number of carboxylic acid groups (broad SMARTS) is 1. The highest BCUT2D eigenvalue weighted by atomic mass is 19.1. The van der Waals surface area contributed by atoms with Crippen LogP contribution in [-0.4, -0.2) is 21.0 Å². The van der Waals surface area contributed by atoms with Gasteiger partial charge in [0.05, 0.1) is 0 Å². The number of hydrogen-bond donors (Lipinski definition) is 2. The van der Waals surface area contributed by atoms with Gasteiger partial charge in [0.1, 0.15) is 17.3 Å². The summed E-state index contributed by atoms with van der Waals surface area (Å²) >= 11 is 0. The minimum atomic E-state index is -1.09. The molecular formula is C16H11FN2O2. The molecule has 2 aromatic carbocycles. The van der Waals surface area contributed by atoms with E-state index in [4.69, 9.17) is 0 Å². The van der Waals surface area contributed by atoms with Crippen LogP contribution in [0.3, 0.4) is 0 Å². The predicted molar refractivity (Wildman–Crippen MR) is 76.4 cm³/mol. The van der Waals surface area contributed by atoms with E-state index in [1.54, 1.807) is 24.3 Å². The quantitative estimate of drug-likeness (QED) is 0.771. The first-order chi connectivity index (χ1) is 10.1. The number of halogens is 1. The number of rotatable bonds is 3. The van der Waals surface area contributed by atoms with Gasteiger partial charge in [0.15, 0.2) is 5.69 Å². The third kappa shape index (κ3) is 2.53. The number of H-pyrrole nitrogens is 1. The molecule has 0 aliphatic rings. The summed E-state index contributed by atoms with van der Waals surface area (Å²) in [6, 6.07) is 14.8. The lowest BCUT2D eigenvalue weighted by Crippen LogP contribution is -1.99. The number of carbonyl (C=O) groups is 1. The second-order valence-electron chi connectivity index (χ2n) is 4.49. The Morgan fingerprint density at radius 2 is 1.67 bits per heavy atom. The first kappa shape index (κ1) is 13.1. The van der Waals surface area contributed by atoms with Gasteiger partial charge in [-0.2, -0.15) is 0 Å². The molecule has 5 heteroatoms. The molecule has 0 aliphatic carbocycles. The summed E-state index contributed by atoms with van der Waals surface area (Å²) in [6.45, 7) is 0. The predicted octanol–water partition coefficient (Wildman–Crippen LogP) is 3.58. The van der Waals surface area contributed by atoms with Crippen molar-refractivity contribution in [1.29, 1.82) is 0 Å². The number of aromatic carboxylic acids is 1. The lowest BCUT2D eigenvalue weighted by molar-refractivity contribution is 0.0692. The number of hydrogen-bond acceptors (Lipinski definition) is 2. The summed E-state index contributed by atoms with van der Waals surface area (Å²) in [5.74, 6) is -1.05. The molecule has 3 aromatic rings. The van der Waals surface area contributed by atoms with E-state index in [1.807, 2.05) is 18.2 Å². The molecule has 0 amide bonds. The molecule has 0 aliphatic heterocycles. The van der Waals surface area contributed by atoms with Gasteiger partial charge < -0.3 is 10.1 Å². The van der Waals surface area contributed by atoms with Gasteiger partial charge in [-0.1, -0.05) is 30.3 Å². The molecule has 2 N–H and O–H groups in total. The van der Waals surface area contributed by atoms with Crippen LogP contribution in [0.15, 0.2) is 54.6 Å². The van der Waals surface area contributed by atoms with Crippen LogP contribution in [0.2, 0.25) is 0 Å². The van der Waals surface area contributed by atoms with Crippen molar-refractivity contribution in [3.63, 3.8) is 0 Å². The van der Waals surface area contributed by atoms with Crippen LogP contribution in [0.25, 0.3) is 22.6 Å². The molecule has 0 radical (unpaired) electrons. The molecule has 4 nitrogen and oxygen atoms in total. The number of carboxylic acids is 1. The SMILES string of the molecule is O=C(O)c1[nH]c(-c2ccc(F)cc2)nc1-c1ccccc1. The van der Waals surface area contributed by atoms with Crippen molar-refractivity contribution in [3.8, 4) is 22.6 Å². The van der Waals surface area contributed by atoms with Crippen molar-refractivity contribution < 1.29 is 14.3 Å². The Hall–Kier alpha value is -2.95. The molecule has 104 valence electrons. The minimum absolute atomic E-state index is 0.0144. The first-order valence-corrected chi connectivity index (χ1v) is 6.30. The molecule has 0 bridgehead atoms. The van der Waals surface area contributed by atoms with E-state index in [9.17, 15) is 14.3 Å². The van der Waals surface area contributed by atoms with Crippen molar-refractivity contribution in [2.45, 2.75) is 0 Å². The summed E-state index contributed by atoms with van der Waals surface area (Å²) in [5.41, 5.74) is 1.71. The molecule has 0 spiro atoms. The number of imidazole rings is 1. The van der Waals surface area contributed by atoms with E-state index in [-0.39, 0.29) is 11.5 Å². The highest BCUT2D eigenvalue weighted by Gasteiger charge is 2.18. The normalized spacial score (nSPS) is 10.5. The minimum Gasteiger partial charge on any atom is -0.477 e. The van der Waals surface area contributed by atoms with E-state index >= 15 is 0 Å². The van der Waals surface area contributed by atoms with Gasteiger partial charge in [0.2, 0.25) is 0 Å². The van der Waals surface area contributed by atoms with Crippen molar-refractivity contribution in [2.24, 2.45) is 0 Å². The van der Waals surface area contributed by atoms with Crippen molar-refractivity contribution in [1.82, 2.24) is 9.97 Å². The molecule has 0 fully saturated rings. The second-order valence-corrected chi connectivity index (χ2v) is 4.49. The third-order valence-corrected chi connectivity index (χ3v) is 3.08. The van der Waals surface area contributed by atoms with E-state index < -0.39 is 5.97 Å². The number of nitrogens with zero attached hydrogens (tertiary/aromatic N) is 1. The van der Waals surface area contributed by atoms with Crippen molar-refractivity contribution in [3.05, 3.63) is 66.1 Å². The summed E-state index contributed by atoms with van der Waals surface area (Å²) < 4.78 is 13.0. The zero-order valence-electron chi connectivity index (χ0n) is 10.9. The van der Waals surface area contributed by atoms with Gasteiger partial charge in [0.25, 0.3) is 0 Å². The lowest BCUT2D eigenvalue weighted by atomic mass is 10.1. The van der Waals surface area contributed by atoms with Gasteiger partial charge in [-0.25, -0.2) is 14.2 Å². The molecule has 1 aromatic heterocycles. The Morgan fingerprint density at radius 1 is 1.00 bits per heavy atom. The smallest absolute Gasteiger partial charge is 0.354 e. The fourth-order valence-electron chi connectivity index (χ4n) is 2.08. The van der Waals surface area contributed by atoms with Crippen LogP contribution in [0.4, 0.5) is 4.39 Å². The molecular weight excluding hydrogens is 271 g/mol. The third-order valence-electron chi connectivity index (χ3n) is 3.08. The van der Waals surface area contributed by atoms with Crippen LogP contribution in [0, 0.1) is 5.82 Å². The molecule has 3 rings (SSSR count). The molecule has 0 saturated carbocycles. The average Bonchev–Trinajstić information content (AvgIpc) is 2.94. The Bertz CT molecular complexity index is 780. The van der Waals surface area contributed by atoms with Gasteiger partial charge in [-0.15, -0.1) is 0 Å². The summed E-state index contributed by atoms with van der Waals surface area (Å²) in [7, 11) is 0. The summed E-state index contributed by atoms with van der Waals surface area (Å²) in [4.78, 5) is 18.5. The first-order valence-electron chi connectivity index (χ1n) is 6.30. The lowest BCUT2D eigenvalue weighted by Gasteiger charge is -1.97. The molecule has 0 saturated heterocycles. The molecule has 21 heavy (non-hydrogen) atoms. The fourth-order valence-corrected chi connectivity index (χ4v) is 2.08. The second kappa shape index (κ2) is 5.20. The highest BCUT2D eigenvalue weighted by molar-refractivity contribution is 5.94. The van der Waals surface area contributed by atoms with Crippen molar-refractivity contribution in [2.75, 3.05) is 0 Å². The molecule has 0 unspecified atom stereocenters. The van der Waals surface area contributed by atoms with Gasteiger partial charge in [0, 0.05) is 11.1 Å². The maximum Gasteiger partial charge on any atom is 0.354 e. The Kier molecular flexibility index (Phi) is 3.23. The van der Waals surface area contributed by atoms with Crippen LogP contribution < -0.4 is 0 Å². The summed E-state index contributed by atoms with van der Waals surface area (Å²) in [5, 5.41) is 9.30. The van der Waals surface area contributed by atoms with E-state index in [2.05, 4.69) is 9.97 Å². The monoisotopic (exact) mass is 282 g/mol. The Morgan fingerprint density at radius 3 is 2.29 bits per heavy atom. The Labute approximate surface area is 119 Å². The Balaban J connectivity index is 2.13. The zero-order chi connectivity index (χ0) is 14.8. The summed E-state index contributed by atoms with van der Waals surface area (Å²) in [6.07, 6.45) is 0. The van der Waals surface area contributed by atoms with Crippen LogP contribution in [-0.2, 0) is 0 Å². The number of benzene rings is 2. The highest BCUT2D eigenvalue weighted by Crippen LogP contribution is 2.26. The zero-order valence-corrected chi connectivity index (χ0v) is 10.9. The van der Waals surface area contributed by atoms with E-state index in [0.717, 1.165) is 0 Å². The standard InChI is InChI=1S/C16H11FN2O2/c17-12-8-6-11(7-9-12)15-18-13(14(19-15)16(20)21)10-4-2-1-3-5-10/h1-9H,(H,18,19)(H,20,21). The van der Waals surface area contributed by atoms with Gasteiger partial charge >= 0.3 is 5.97 Å². The average molecular weight is 282 g/mol.